The van der Waals surface area contributed by atoms with Crippen molar-refractivity contribution in [1.82, 2.24) is 5.32 Å². The van der Waals surface area contributed by atoms with Crippen molar-refractivity contribution in [1.29, 1.82) is 0 Å². The minimum Gasteiger partial charge on any atom is -0.506 e. The summed E-state index contributed by atoms with van der Waals surface area (Å²) in [6.45, 7) is 3.51. The van der Waals surface area contributed by atoms with Crippen molar-refractivity contribution in [3.05, 3.63) is 59.2 Å². The van der Waals surface area contributed by atoms with Crippen LogP contribution < -0.4 is 14.9 Å². The van der Waals surface area contributed by atoms with Gasteiger partial charge in [-0.15, -0.1) is 0 Å². The topological polar surface area (TPSA) is 165 Å². The molecule has 0 radical (unpaired) electrons. The number of phenols is 1. The van der Waals surface area contributed by atoms with Gasteiger partial charge in [0.1, 0.15) is 11.3 Å². The third-order valence-electron chi connectivity index (χ3n) is 6.09. The molecule has 0 aliphatic carbocycles. The van der Waals surface area contributed by atoms with Crippen LogP contribution in [0.3, 0.4) is 0 Å². The molecule has 38 heavy (non-hydrogen) atoms. The summed E-state index contributed by atoms with van der Waals surface area (Å²) in [7, 11) is -3.57. The third kappa shape index (κ3) is 8.20. The van der Waals surface area contributed by atoms with Crippen LogP contribution >= 0.6 is 0 Å². The van der Waals surface area contributed by atoms with Crippen molar-refractivity contribution >= 4 is 39.4 Å². The molecule has 1 heterocycles. The number of nitrogens with one attached hydrogen (secondary N) is 2. The first-order valence-corrected chi connectivity index (χ1v) is 14.0. The van der Waals surface area contributed by atoms with Crippen LogP contribution in [0.5, 0.6) is 5.75 Å². The fourth-order valence-electron chi connectivity index (χ4n) is 4.15. The first kappa shape index (κ1) is 29.0. The molecule has 11 nitrogen and oxygen atoms in total. The molecule has 1 aliphatic heterocycles. The van der Waals surface area contributed by atoms with Gasteiger partial charge in [-0.1, -0.05) is 18.2 Å². The van der Waals surface area contributed by atoms with Gasteiger partial charge >= 0.3 is 11.9 Å². The Balaban J connectivity index is 1.53. The van der Waals surface area contributed by atoms with Crippen molar-refractivity contribution in [3.63, 3.8) is 0 Å². The van der Waals surface area contributed by atoms with E-state index in [-0.39, 0.29) is 30.6 Å². The summed E-state index contributed by atoms with van der Waals surface area (Å²) in [4.78, 5) is 25.4. The van der Waals surface area contributed by atoms with Crippen LogP contribution in [-0.4, -0.2) is 74.2 Å². The third-order valence-corrected chi connectivity index (χ3v) is 6.68. The van der Waals surface area contributed by atoms with Crippen molar-refractivity contribution < 1.29 is 38.1 Å². The van der Waals surface area contributed by atoms with Crippen molar-refractivity contribution in [2.24, 2.45) is 0 Å². The number of ether oxygens (including phenoxy) is 1. The number of carbonyl (C=O) groups excluding carboxylic acids is 1. The molecular formula is C26H33N3O8S. The van der Waals surface area contributed by atoms with Crippen LogP contribution in [0, 0.1) is 0 Å². The van der Waals surface area contributed by atoms with Crippen LogP contribution in [-0.2, 0) is 24.3 Å². The summed E-state index contributed by atoms with van der Waals surface area (Å²) in [6, 6.07) is 11.7. The molecule has 1 atom stereocenters. The zero-order valence-corrected chi connectivity index (χ0v) is 22.1. The fraction of sp³-hybridized carbons (Fsp3) is 0.385. The van der Waals surface area contributed by atoms with Gasteiger partial charge < -0.3 is 30.3 Å². The molecule has 12 heteroatoms. The van der Waals surface area contributed by atoms with E-state index < -0.39 is 33.6 Å². The van der Waals surface area contributed by atoms with Gasteiger partial charge in [-0.3, -0.25) is 4.72 Å². The predicted molar refractivity (Wildman–Crippen MR) is 143 cm³/mol. The Bertz CT molecular complexity index is 1270. The molecule has 0 aromatic heterocycles. The lowest BCUT2D eigenvalue weighted by molar-refractivity contribution is -0.143. The summed E-state index contributed by atoms with van der Waals surface area (Å²) >= 11 is 0. The van der Waals surface area contributed by atoms with Crippen molar-refractivity contribution in [2.45, 2.75) is 31.9 Å². The number of piperidine rings is 1. The number of esters is 1. The van der Waals surface area contributed by atoms with Crippen LogP contribution in [0.15, 0.2) is 48.0 Å². The van der Waals surface area contributed by atoms with Gasteiger partial charge in [0.25, 0.3) is 0 Å². The second-order valence-corrected chi connectivity index (χ2v) is 10.8. The van der Waals surface area contributed by atoms with E-state index in [1.165, 1.54) is 18.2 Å². The quantitative estimate of drug-likeness (QED) is 0.0924. The summed E-state index contributed by atoms with van der Waals surface area (Å²) < 4.78 is 30.0. The highest BCUT2D eigenvalue weighted by Gasteiger charge is 2.22. The highest BCUT2D eigenvalue weighted by molar-refractivity contribution is 7.92. The SMILES string of the molecule is CCOC(=O)/C(=C\c1ccc(N2CCC(NCC(O)c3ccc(O)c(NS(C)(=O)=O)c3)CC2)cc1)C(=O)O. The van der Waals surface area contributed by atoms with Crippen molar-refractivity contribution in [2.75, 3.05) is 42.1 Å². The maximum atomic E-state index is 11.9. The second-order valence-electron chi connectivity index (χ2n) is 9.01. The van der Waals surface area contributed by atoms with Crippen LogP contribution in [0.2, 0.25) is 0 Å². The van der Waals surface area contributed by atoms with E-state index >= 15 is 0 Å². The van der Waals surface area contributed by atoms with E-state index in [0.717, 1.165) is 37.9 Å². The minimum absolute atomic E-state index is 0.0129. The number of nitrogens with zero attached hydrogens (tertiary/aromatic N) is 1. The molecule has 1 fully saturated rings. The number of rotatable bonds is 11. The van der Waals surface area contributed by atoms with E-state index in [1.807, 2.05) is 12.1 Å². The average Bonchev–Trinajstić information content (AvgIpc) is 2.87. The molecule has 2 aromatic rings. The Kier molecular flexibility index (Phi) is 9.72. The molecule has 1 unspecified atom stereocenters. The molecule has 1 saturated heterocycles. The summed E-state index contributed by atoms with van der Waals surface area (Å²) in [6.07, 6.45) is 3.05. The maximum Gasteiger partial charge on any atom is 0.345 e. The Morgan fingerprint density at radius 2 is 1.82 bits per heavy atom. The summed E-state index contributed by atoms with van der Waals surface area (Å²) in [5.74, 6) is -2.44. The Hall–Kier alpha value is -3.61. The maximum absolute atomic E-state index is 11.9. The summed E-state index contributed by atoms with van der Waals surface area (Å²) in [5, 5.41) is 33.1. The zero-order valence-electron chi connectivity index (χ0n) is 21.3. The van der Waals surface area contributed by atoms with Gasteiger partial charge in [0, 0.05) is 31.4 Å². The molecule has 1 aliphatic rings. The standard InChI is InChI=1S/C26H33N3O8S/c1-3-37-26(34)21(25(32)33)14-17-4-7-20(8-5-17)29-12-10-19(11-13-29)27-16-24(31)18-6-9-23(30)22(15-18)28-38(2,35)36/h4-9,14-15,19,24,27-28,30-31H,3,10-13,16H2,1-2H3,(H,32,33)/b21-14-. The number of anilines is 2. The van der Waals surface area contributed by atoms with Crippen LogP contribution in [0.25, 0.3) is 6.08 Å². The van der Waals surface area contributed by atoms with E-state index in [2.05, 4.69) is 14.9 Å². The largest absolute Gasteiger partial charge is 0.506 e. The first-order chi connectivity index (χ1) is 18.0. The number of hydrogen-bond donors (Lipinski definition) is 5. The normalized spacial score (nSPS) is 15.7. The minimum atomic E-state index is -3.57. The average molecular weight is 548 g/mol. The monoisotopic (exact) mass is 547 g/mol. The van der Waals surface area contributed by atoms with E-state index in [9.17, 15) is 33.3 Å². The van der Waals surface area contributed by atoms with E-state index in [1.54, 1.807) is 25.1 Å². The lowest BCUT2D eigenvalue weighted by Crippen LogP contribution is -2.43. The highest BCUT2D eigenvalue weighted by atomic mass is 32.2. The number of sulfonamides is 1. The van der Waals surface area contributed by atoms with Crippen LogP contribution in [0.4, 0.5) is 11.4 Å². The van der Waals surface area contributed by atoms with Gasteiger partial charge in [0.15, 0.2) is 0 Å². The number of aliphatic hydroxyl groups is 1. The zero-order chi connectivity index (χ0) is 27.9. The number of carbonyl (C=O) groups is 2. The molecule has 3 rings (SSSR count). The Labute approximate surface area is 221 Å². The molecule has 0 amide bonds. The number of benzene rings is 2. The Morgan fingerprint density at radius 1 is 1.16 bits per heavy atom. The van der Waals surface area contributed by atoms with Gasteiger partial charge in [0.05, 0.1) is 24.7 Å². The van der Waals surface area contributed by atoms with Gasteiger partial charge in [-0.2, -0.15) is 0 Å². The lowest BCUT2D eigenvalue weighted by Gasteiger charge is -2.34. The molecule has 0 spiro atoms. The number of phenolic OH excluding ortho intramolecular Hbond substituents is 1. The lowest BCUT2D eigenvalue weighted by atomic mass is 10.0. The Morgan fingerprint density at radius 3 is 2.39 bits per heavy atom. The number of aromatic hydroxyl groups is 1. The van der Waals surface area contributed by atoms with E-state index in [4.69, 9.17) is 4.74 Å². The highest BCUT2D eigenvalue weighted by Crippen LogP contribution is 2.28. The van der Waals surface area contributed by atoms with Crippen LogP contribution in [0.1, 0.15) is 37.0 Å². The number of aliphatic carboxylic acids is 1. The van der Waals surface area contributed by atoms with Gasteiger partial charge in [0.2, 0.25) is 10.0 Å². The number of hydrogen-bond acceptors (Lipinski definition) is 9. The van der Waals surface area contributed by atoms with Gasteiger partial charge in [-0.25, -0.2) is 18.0 Å². The molecule has 5 N–H and O–H groups in total. The molecule has 0 bridgehead atoms. The molecule has 206 valence electrons. The van der Waals surface area contributed by atoms with Gasteiger partial charge in [-0.05, 0) is 61.2 Å². The number of aliphatic hydroxyl groups excluding tert-OH is 1. The summed E-state index contributed by atoms with van der Waals surface area (Å²) in [5.41, 5.74) is 1.61. The predicted octanol–water partition coefficient (Wildman–Crippen LogP) is 2.09. The second kappa shape index (κ2) is 12.8. The number of carboxylic acids is 1. The molecule has 0 saturated carbocycles. The smallest absolute Gasteiger partial charge is 0.345 e. The fourth-order valence-corrected chi connectivity index (χ4v) is 4.71. The number of carboxylic acid groups (broad SMARTS) is 1. The van der Waals surface area contributed by atoms with E-state index in [0.29, 0.717) is 11.1 Å². The molecule has 2 aromatic carbocycles. The first-order valence-electron chi connectivity index (χ1n) is 12.2. The molecular weight excluding hydrogens is 514 g/mol. The van der Waals surface area contributed by atoms with Crippen molar-refractivity contribution in [3.8, 4) is 5.75 Å².